The van der Waals surface area contributed by atoms with E-state index in [-0.39, 0.29) is 23.8 Å². The number of sulfonamides is 1. The highest BCUT2D eigenvalue weighted by atomic mass is 35.5. The summed E-state index contributed by atoms with van der Waals surface area (Å²) in [6.45, 7) is 1.79. The van der Waals surface area contributed by atoms with Gasteiger partial charge in [-0.3, -0.25) is 9.59 Å². The van der Waals surface area contributed by atoms with Crippen molar-refractivity contribution in [2.24, 2.45) is 0 Å². The van der Waals surface area contributed by atoms with Gasteiger partial charge in [0.15, 0.2) is 0 Å². The Bertz CT molecular complexity index is 1320. The summed E-state index contributed by atoms with van der Waals surface area (Å²) in [4.78, 5) is 28.3. The number of likely N-dealkylation sites (N-methyl/N-ethyl adjacent to an activating group) is 2. The zero-order valence-electron chi connectivity index (χ0n) is 20.6. The van der Waals surface area contributed by atoms with Crippen molar-refractivity contribution in [1.82, 2.24) is 14.5 Å². The summed E-state index contributed by atoms with van der Waals surface area (Å²) in [5, 5.41) is 3.70. The van der Waals surface area contributed by atoms with Gasteiger partial charge in [-0.05, 0) is 54.4 Å². The Morgan fingerprint density at radius 3 is 2.16 bits per heavy atom. The molecule has 3 aromatic carbocycles. The first kappa shape index (κ1) is 28.7. The molecule has 0 saturated heterocycles. The molecule has 0 spiro atoms. The van der Waals surface area contributed by atoms with Crippen LogP contribution in [-0.2, 0) is 32.6 Å². The predicted molar refractivity (Wildman–Crippen MR) is 146 cm³/mol. The van der Waals surface area contributed by atoms with Crippen molar-refractivity contribution in [3.05, 3.63) is 100 Å². The molecule has 0 aliphatic carbocycles. The van der Waals surface area contributed by atoms with Crippen LogP contribution in [-0.4, -0.2) is 55.6 Å². The molecule has 0 unspecified atom stereocenters. The summed E-state index contributed by atoms with van der Waals surface area (Å²) in [5.41, 5.74) is 1.58. The smallest absolute Gasteiger partial charge is 0.243 e. The lowest BCUT2D eigenvalue weighted by atomic mass is 10.0. The van der Waals surface area contributed by atoms with Gasteiger partial charge in [0.25, 0.3) is 0 Å². The summed E-state index contributed by atoms with van der Waals surface area (Å²) < 4.78 is 27.2. The third kappa shape index (κ3) is 7.79. The number of carbonyl (C=O) groups excluding carboxylic acids is 2. The van der Waals surface area contributed by atoms with Gasteiger partial charge >= 0.3 is 0 Å². The van der Waals surface area contributed by atoms with Crippen LogP contribution >= 0.6 is 23.2 Å². The van der Waals surface area contributed by atoms with Crippen molar-refractivity contribution in [2.75, 3.05) is 20.1 Å². The molecule has 0 fully saturated rings. The van der Waals surface area contributed by atoms with Crippen LogP contribution in [0.25, 0.3) is 0 Å². The Balaban J connectivity index is 1.95. The molecular weight excluding hydrogens is 533 g/mol. The van der Waals surface area contributed by atoms with E-state index in [1.165, 1.54) is 36.2 Å². The van der Waals surface area contributed by atoms with Crippen molar-refractivity contribution >= 4 is 45.0 Å². The van der Waals surface area contributed by atoms with Gasteiger partial charge in [0.2, 0.25) is 21.8 Å². The molecule has 0 aromatic heterocycles. The van der Waals surface area contributed by atoms with E-state index in [1.54, 1.807) is 31.2 Å². The Kier molecular flexibility index (Phi) is 10.1. The number of halogens is 2. The number of hydrogen-bond acceptors (Lipinski definition) is 4. The largest absolute Gasteiger partial charge is 0.355 e. The first-order valence-corrected chi connectivity index (χ1v) is 13.9. The second-order valence-corrected chi connectivity index (χ2v) is 11.4. The summed E-state index contributed by atoms with van der Waals surface area (Å²) in [6, 6.07) is 21.2. The van der Waals surface area contributed by atoms with E-state index in [1.807, 2.05) is 30.3 Å². The van der Waals surface area contributed by atoms with Gasteiger partial charge in [0, 0.05) is 36.6 Å². The van der Waals surface area contributed by atoms with E-state index in [4.69, 9.17) is 23.2 Å². The topological polar surface area (TPSA) is 86.8 Å². The third-order valence-electron chi connectivity index (χ3n) is 5.74. The average Bonchev–Trinajstić information content (AvgIpc) is 2.87. The molecule has 0 bridgehead atoms. The summed E-state index contributed by atoms with van der Waals surface area (Å²) in [5.74, 6) is -0.850. The van der Waals surface area contributed by atoms with Crippen molar-refractivity contribution in [3.8, 4) is 0 Å². The van der Waals surface area contributed by atoms with E-state index in [9.17, 15) is 18.0 Å². The lowest BCUT2D eigenvalue weighted by Gasteiger charge is -2.32. The fraction of sp³-hybridized carbons (Fsp3) is 0.259. The van der Waals surface area contributed by atoms with Gasteiger partial charge in [-0.15, -0.1) is 0 Å². The second-order valence-electron chi connectivity index (χ2n) is 8.47. The molecule has 196 valence electrons. The minimum Gasteiger partial charge on any atom is -0.355 e. The van der Waals surface area contributed by atoms with Crippen LogP contribution in [0.3, 0.4) is 0 Å². The zero-order chi connectivity index (χ0) is 27.0. The van der Waals surface area contributed by atoms with Crippen LogP contribution < -0.4 is 5.32 Å². The van der Waals surface area contributed by atoms with E-state index in [2.05, 4.69) is 5.32 Å². The van der Waals surface area contributed by atoms with E-state index in [0.717, 1.165) is 9.87 Å². The fourth-order valence-corrected chi connectivity index (χ4v) is 5.29. The molecule has 10 heteroatoms. The number of carbonyl (C=O) groups is 2. The van der Waals surface area contributed by atoms with Crippen molar-refractivity contribution < 1.29 is 18.0 Å². The highest BCUT2D eigenvalue weighted by molar-refractivity contribution is 7.89. The van der Waals surface area contributed by atoms with Gasteiger partial charge in [0.05, 0.1) is 11.4 Å². The summed E-state index contributed by atoms with van der Waals surface area (Å²) in [7, 11) is -2.64. The molecule has 0 aliphatic heterocycles. The van der Waals surface area contributed by atoms with Gasteiger partial charge in [-0.25, -0.2) is 8.42 Å². The molecule has 0 saturated carbocycles. The summed E-state index contributed by atoms with van der Waals surface area (Å²) in [6.07, 6.45) is 0.257. The van der Waals surface area contributed by atoms with Gasteiger partial charge in [0.1, 0.15) is 6.04 Å². The average molecular weight is 563 g/mol. The molecule has 2 amide bonds. The second kappa shape index (κ2) is 13.1. The normalized spacial score (nSPS) is 12.2. The van der Waals surface area contributed by atoms with Gasteiger partial charge in [-0.2, -0.15) is 4.31 Å². The number of nitrogens with zero attached hydrogens (tertiary/aromatic N) is 2. The standard InChI is InChI=1S/C27H29Cl2N3O4S/c1-3-30-27(34)25(17-20-8-5-4-6-9-20)32(18-21-10-7-11-23(29)16-21)26(33)19-31(2)37(35,36)24-14-12-22(28)13-15-24/h4-16,25H,3,17-19H2,1-2H3,(H,30,34)/t25-/m0/s1. The number of amides is 2. The minimum atomic E-state index is -3.97. The maximum absolute atomic E-state index is 13.7. The van der Waals surface area contributed by atoms with Crippen molar-refractivity contribution in [1.29, 1.82) is 0 Å². The zero-order valence-corrected chi connectivity index (χ0v) is 22.9. The predicted octanol–water partition coefficient (Wildman–Crippen LogP) is 4.39. The summed E-state index contributed by atoms with van der Waals surface area (Å²) >= 11 is 12.1. The fourth-order valence-electron chi connectivity index (χ4n) is 3.83. The van der Waals surface area contributed by atoms with Gasteiger partial charge < -0.3 is 10.2 Å². The highest BCUT2D eigenvalue weighted by Gasteiger charge is 2.32. The van der Waals surface area contributed by atoms with Crippen LogP contribution in [0.2, 0.25) is 10.0 Å². The van der Waals surface area contributed by atoms with Gasteiger partial charge in [-0.1, -0.05) is 65.7 Å². The van der Waals surface area contributed by atoms with Crippen LogP contribution in [0.15, 0.2) is 83.8 Å². The molecule has 1 atom stereocenters. The Hall–Kier alpha value is -2.91. The SMILES string of the molecule is CCNC(=O)[C@H](Cc1ccccc1)N(Cc1cccc(Cl)c1)C(=O)CN(C)S(=O)(=O)c1ccc(Cl)cc1. The maximum Gasteiger partial charge on any atom is 0.243 e. The van der Waals surface area contributed by atoms with E-state index < -0.39 is 28.5 Å². The number of benzene rings is 3. The lowest BCUT2D eigenvalue weighted by molar-refractivity contribution is -0.141. The molecule has 0 radical (unpaired) electrons. The van der Waals surface area contributed by atoms with Crippen LogP contribution in [0.1, 0.15) is 18.1 Å². The van der Waals surface area contributed by atoms with Crippen LogP contribution in [0.5, 0.6) is 0 Å². The molecule has 7 nitrogen and oxygen atoms in total. The molecule has 0 aliphatic rings. The molecule has 37 heavy (non-hydrogen) atoms. The molecule has 1 N–H and O–H groups in total. The third-order valence-corrected chi connectivity index (χ3v) is 8.05. The lowest BCUT2D eigenvalue weighted by Crippen LogP contribution is -2.53. The first-order valence-electron chi connectivity index (χ1n) is 11.7. The Labute approximate surface area is 228 Å². The minimum absolute atomic E-state index is 0.0122. The maximum atomic E-state index is 13.7. The number of nitrogens with one attached hydrogen (secondary N) is 1. The monoisotopic (exact) mass is 561 g/mol. The molecule has 3 rings (SSSR count). The van der Waals surface area contributed by atoms with Crippen LogP contribution in [0, 0.1) is 0 Å². The van der Waals surface area contributed by atoms with E-state index in [0.29, 0.717) is 22.2 Å². The number of rotatable bonds is 11. The van der Waals surface area contributed by atoms with Crippen molar-refractivity contribution in [2.45, 2.75) is 30.8 Å². The Morgan fingerprint density at radius 2 is 1.54 bits per heavy atom. The molecule has 3 aromatic rings. The van der Waals surface area contributed by atoms with E-state index >= 15 is 0 Å². The Morgan fingerprint density at radius 1 is 0.892 bits per heavy atom. The molecule has 0 heterocycles. The highest BCUT2D eigenvalue weighted by Crippen LogP contribution is 2.20. The number of hydrogen-bond donors (Lipinski definition) is 1. The first-order chi connectivity index (χ1) is 17.6. The quantitative estimate of drug-likeness (QED) is 0.376. The van der Waals surface area contributed by atoms with Crippen LogP contribution in [0.4, 0.5) is 0 Å². The molecular formula is C27H29Cl2N3O4S. The van der Waals surface area contributed by atoms with Crippen molar-refractivity contribution in [3.63, 3.8) is 0 Å².